The van der Waals surface area contributed by atoms with Crippen LogP contribution in [0.4, 0.5) is 0 Å². The zero-order chi connectivity index (χ0) is 6.81. The van der Waals surface area contributed by atoms with Gasteiger partial charge < -0.3 is 0 Å². The van der Waals surface area contributed by atoms with Crippen molar-refractivity contribution >= 4 is 24.9 Å². The van der Waals surface area contributed by atoms with Crippen molar-refractivity contribution < 1.29 is 0 Å². The summed E-state index contributed by atoms with van der Waals surface area (Å²) < 4.78 is 0. The summed E-state index contributed by atoms with van der Waals surface area (Å²) in [5.74, 6) is 0. The van der Waals surface area contributed by atoms with Crippen molar-refractivity contribution in [3.8, 4) is 0 Å². The third-order valence-electron chi connectivity index (χ3n) is 1.36. The van der Waals surface area contributed by atoms with E-state index in [1.807, 2.05) is 0 Å². The van der Waals surface area contributed by atoms with Crippen molar-refractivity contribution in [3.63, 3.8) is 0 Å². The normalized spacial score (nSPS) is 23.6. The lowest BCUT2D eigenvalue weighted by molar-refractivity contribution is 0.588. The van der Waals surface area contributed by atoms with Crippen LogP contribution in [-0.2, 0) is 0 Å². The third kappa shape index (κ3) is 0.775. The molecule has 0 saturated heterocycles. The van der Waals surface area contributed by atoms with Gasteiger partial charge in [-0.25, -0.2) is 0 Å². The molecule has 0 radical (unpaired) electrons. The van der Waals surface area contributed by atoms with Gasteiger partial charge in [-0.2, -0.15) is 0 Å². The van der Waals surface area contributed by atoms with Gasteiger partial charge in [-0.15, -0.1) is 0 Å². The maximum atomic E-state index is 4.04. The summed E-state index contributed by atoms with van der Waals surface area (Å²) in [5.41, 5.74) is 0. The molecular formula is C6H6N4. The number of nitrogens with zero attached hydrogens (tertiary/aromatic N) is 4. The van der Waals surface area contributed by atoms with Crippen LogP contribution in [-0.4, -0.2) is 37.2 Å². The zero-order valence-corrected chi connectivity index (χ0v) is 5.25. The molecule has 2 rings (SSSR count). The summed E-state index contributed by atoms with van der Waals surface area (Å²) in [7, 11) is 0. The van der Waals surface area contributed by atoms with E-state index in [1.165, 1.54) is 0 Å². The monoisotopic (exact) mass is 134 g/mol. The topological polar surface area (TPSA) is 49.4 Å². The molecule has 0 atom stereocenters. The minimum atomic E-state index is -0.102. The maximum absolute atomic E-state index is 4.04. The first kappa shape index (κ1) is 5.46. The zero-order valence-electron chi connectivity index (χ0n) is 5.25. The van der Waals surface area contributed by atoms with Crippen LogP contribution in [0.3, 0.4) is 0 Å². The Labute approximate surface area is 58.1 Å². The summed E-state index contributed by atoms with van der Waals surface area (Å²) in [6.45, 7) is 0. The van der Waals surface area contributed by atoms with Gasteiger partial charge in [0.2, 0.25) is 0 Å². The van der Waals surface area contributed by atoms with Crippen molar-refractivity contribution in [2.45, 2.75) is 12.3 Å². The van der Waals surface area contributed by atoms with Crippen molar-refractivity contribution in [2.24, 2.45) is 20.0 Å². The van der Waals surface area contributed by atoms with Crippen LogP contribution in [0.1, 0.15) is 0 Å². The molecule has 0 aromatic carbocycles. The highest BCUT2D eigenvalue weighted by atomic mass is 15.2. The number of hydrogen-bond donors (Lipinski definition) is 0. The molecule has 0 aromatic rings. The van der Waals surface area contributed by atoms with Crippen LogP contribution in [0.2, 0.25) is 0 Å². The first-order valence-corrected chi connectivity index (χ1v) is 3.07. The van der Waals surface area contributed by atoms with Gasteiger partial charge in [-0.1, -0.05) is 0 Å². The van der Waals surface area contributed by atoms with Gasteiger partial charge in [0.15, 0.2) is 12.3 Å². The first-order chi connectivity index (χ1) is 4.97. The van der Waals surface area contributed by atoms with Crippen molar-refractivity contribution in [1.82, 2.24) is 0 Å². The number of aliphatic imine (C=N–C) groups is 4. The summed E-state index contributed by atoms with van der Waals surface area (Å²) >= 11 is 0. The van der Waals surface area contributed by atoms with Gasteiger partial charge in [0.25, 0.3) is 0 Å². The van der Waals surface area contributed by atoms with Gasteiger partial charge in [0, 0.05) is 24.9 Å². The van der Waals surface area contributed by atoms with Gasteiger partial charge in [0.05, 0.1) is 0 Å². The van der Waals surface area contributed by atoms with E-state index in [0.717, 1.165) is 0 Å². The van der Waals surface area contributed by atoms with Crippen molar-refractivity contribution in [2.75, 3.05) is 0 Å². The molecule has 50 valence electrons. The molecule has 2 aliphatic heterocycles. The van der Waals surface area contributed by atoms with Crippen LogP contribution in [0.25, 0.3) is 0 Å². The van der Waals surface area contributed by atoms with E-state index in [1.54, 1.807) is 24.9 Å². The standard InChI is InChI=1S/C6H6N4/c1-2-8-5(7-1)6-9-3-4-10-6/h1-6H. The fourth-order valence-corrected chi connectivity index (χ4v) is 0.892. The molecule has 4 nitrogen and oxygen atoms in total. The Morgan fingerprint density at radius 1 is 0.600 bits per heavy atom. The maximum Gasteiger partial charge on any atom is 0.181 e. The Morgan fingerprint density at radius 2 is 0.900 bits per heavy atom. The molecule has 0 aliphatic carbocycles. The lowest BCUT2D eigenvalue weighted by atomic mass is 10.4. The molecule has 0 saturated carbocycles. The van der Waals surface area contributed by atoms with Crippen LogP contribution in [0.15, 0.2) is 20.0 Å². The molecular weight excluding hydrogens is 128 g/mol. The van der Waals surface area contributed by atoms with Gasteiger partial charge >= 0.3 is 0 Å². The van der Waals surface area contributed by atoms with Crippen LogP contribution in [0.5, 0.6) is 0 Å². The van der Waals surface area contributed by atoms with E-state index in [4.69, 9.17) is 0 Å². The van der Waals surface area contributed by atoms with Gasteiger partial charge in [0.1, 0.15) is 0 Å². The highest BCUT2D eigenvalue weighted by Crippen LogP contribution is 2.10. The van der Waals surface area contributed by atoms with Crippen molar-refractivity contribution in [3.05, 3.63) is 0 Å². The summed E-state index contributed by atoms with van der Waals surface area (Å²) in [6.07, 6.45) is 6.49. The van der Waals surface area contributed by atoms with E-state index in [2.05, 4.69) is 20.0 Å². The molecule has 0 bridgehead atoms. The lowest BCUT2D eigenvalue weighted by Gasteiger charge is -2.05. The fourth-order valence-electron chi connectivity index (χ4n) is 0.892. The Hall–Kier alpha value is -1.32. The van der Waals surface area contributed by atoms with Gasteiger partial charge in [-0.3, -0.25) is 20.0 Å². The molecule has 0 aromatic heterocycles. The molecule has 0 unspecified atom stereocenters. The van der Waals surface area contributed by atoms with Gasteiger partial charge in [-0.05, 0) is 0 Å². The van der Waals surface area contributed by atoms with E-state index < -0.39 is 0 Å². The van der Waals surface area contributed by atoms with E-state index in [-0.39, 0.29) is 12.3 Å². The predicted octanol–water partition coefficient (Wildman–Crippen LogP) is -0.0510. The van der Waals surface area contributed by atoms with E-state index >= 15 is 0 Å². The molecule has 0 fully saturated rings. The molecule has 0 N–H and O–H groups in total. The van der Waals surface area contributed by atoms with Crippen LogP contribution in [0, 0.1) is 0 Å². The molecule has 2 heterocycles. The molecule has 2 aliphatic rings. The Morgan fingerprint density at radius 3 is 1.20 bits per heavy atom. The second kappa shape index (κ2) is 2.13. The average molecular weight is 134 g/mol. The quantitative estimate of drug-likeness (QED) is 0.482. The molecule has 4 heteroatoms. The minimum absolute atomic E-state index is 0.102. The molecule has 0 spiro atoms. The average Bonchev–Trinajstić information content (AvgIpc) is 2.59. The summed E-state index contributed by atoms with van der Waals surface area (Å²) in [6, 6.07) is 0. The molecule has 10 heavy (non-hydrogen) atoms. The predicted molar refractivity (Wildman–Crippen MR) is 41.5 cm³/mol. The second-order valence-electron chi connectivity index (χ2n) is 2.02. The lowest BCUT2D eigenvalue weighted by Crippen LogP contribution is -2.14. The number of hydrogen-bond acceptors (Lipinski definition) is 4. The first-order valence-electron chi connectivity index (χ1n) is 3.07. The second-order valence-corrected chi connectivity index (χ2v) is 2.02. The minimum Gasteiger partial charge on any atom is -0.260 e. The Kier molecular flexibility index (Phi) is 1.16. The molecule has 0 amide bonds. The van der Waals surface area contributed by atoms with Crippen molar-refractivity contribution in [1.29, 1.82) is 0 Å². The SMILES string of the molecule is C1=NC(C2N=CC=N2)N=C1. The highest BCUT2D eigenvalue weighted by molar-refractivity contribution is 6.18. The van der Waals surface area contributed by atoms with E-state index in [0.29, 0.717) is 0 Å². The third-order valence-corrected chi connectivity index (χ3v) is 1.36. The van der Waals surface area contributed by atoms with E-state index in [9.17, 15) is 0 Å². The summed E-state index contributed by atoms with van der Waals surface area (Å²) in [5, 5.41) is 0. The smallest absolute Gasteiger partial charge is 0.181 e. The highest BCUT2D eigenvalue weighted by Gasteiger charge is 2.19. The summed E-state index contributed by atoms with van der Waals surface area (Å²) in [4.78, 5) is 16.2. The Bertz CT molecular complexity index is 188. The Balaban J connectivity index is 2.12. The number of rotatable bonds is 1. The fraction of sp³-hybridized carbons (Fsp3) is 0.333. The van der Waals surface area contributed by atoms with Crippen LogP contribution >= 0.6 is 0 Å². The van der Waals surface area contributed by atoms with Crippen LogP contribution < -0.4 is 0 Å². The largest absolute Gasteiger partial charge is 0.260 e.